The first kappa shape index (κ1) is 33.8. The molecule has 4 atom stereocenters. The van der Waals surface area contributed by atoms with Crippen LogP contribution in [0, 0.1) is 0 Å². The SMILES string of the molecule is CCS(=O)(=O)c1ccc([C@H](CO)NC(=O)c2cnc(N3CC(c4ccc(C(F)(F)F)cc4)CC[C@H]3COC3CCOC3)nc2)cc1. The Kier molecular flexibility index (Phi) is 10.6. The topological polar surface area (TPSA) is 131 Å². The highest BCUT2D eigenvalue weighted by Gasteiger charge is 2.34. The summed E-state index contributed by atoms with van der Waals surface area (Å²) in [7, 11) is -3.39. The van der Waals surface area contributed by atoms with Crippen LogP contribution in [-0.2, 0) is 25.5 Å². The maximum Gasteiger partial charge on any atom is 0.416 e. The molecule has 3 heterocycles. The van der Waals surface area contributed by atoms with Gasteiger partial charge in [-0.15, -0.1) is 0 Å². The number of piperidine rings is 1. The highest BCUT2D eigenvalue weighted by Crippen LogP contribution is 2.35. The lowest BCUT2D eigenvalue weighted by molar-refractivity contribution is -0.137. The van der Waals surface area contributed by atoms with Gasteiger partial charge in [-0.2, -0.15) is 13.2 Å². The van der Waals surface area contributed by atoms with Crippen LogP contribution in [0.25, 0.3) is 0 Å². The first-order valence-electron chi connectivity index (χ1n) is 15.2. The number of benzene rings is 2. The number of rotatable bonds is 11. The Morgan fingerprint density at radius 1 is 1.09 bits per heavy atom. The van der Waals surface area contributed by atoms with Crippen molar-refractivity contribution in [1.82, 2.24) is 15.3 Å². The van der Waals surface area contributed by atoms with Gasteiger partial charge >= 0.3 is 6.18 Å². The summed E-state index contributed by atoms with van der Waals surface area (Å²) in [5.41, 5.74) is 0.769. The van der Waals surface area contributed by atoms with Crippen molar-refractivity contribution in [3.05, 3.63) is 83.2 Å². The Bertz CT molecular complexity index is 1570. The molecule has 248 valence electrons. The van der Waals surface area contributed by atoms with Crippen molar-refractivity contribution in [1.29, 1.82) is 0 Å². The Morgan fingerprint density at radius 3 is 2.37 bits per heavy atom. The standard InChI is InChI=1S/C32H37F3N4O6S/c1-2-46(42,43)28-11-6-22(7-12-28)29(18-40)38-30(41)24-15-36-31(37-16-24)39-17-23(21-3-8-25(9-4-21)32(33,34)35)5-10-26(39)19-45-27-13-14-44-20-27/h3-4,6-9,11-12,15-16,23,26-27,29,40H,2,5,10,13-14,17-20H2,1H3,(H,38,41)/t23?,26-,27?,29-/m0/s1. The lowest BCUT2D eigenvalue weighted by Gasteiger charge is -2.40. The summed E-state index contributed by atoms with van der Waals surface area (Å²) in [6.45, 7) is 3.15. The number of anilines is 1. The van der Waals surface area contributed by atoms with Crippen molar-refractivity contribution in [3.8, 4) is 0 Å². The molecular formula is C32H37F3N4O6S. The third-order valence-electron chi connectivity index (χ3n) is 8.49. The van der Waals surface area contributed by atoms with E-state index in [-0.39, 0.29) is 34.3 Å². The van der Waals surface area contributed by atoms with Gasteiger partial charge in [0.1, 0.15) is 0 Å². The van der Waals surface area contributed by atoms with Gasteiger partial charge in [0.25, 0.3) is 5.91 Å². The van der Waals surface area contributed by atoms with Crippen molar-refractivity contribution in [2.24, 2.45) is 0 Å². The molecular weight excluding hydrogens is 625 g/mol. The van der Waals surface area contributed by atoms with Crippen molar-refractivity contribution < 1.29 is 41.0 Å². The molecule has 0 aliphatic carbocycles. The molecule has 3 aromatic rings. The summed E-state index contributed by atoms with van der Waals surface area (Å²) >= 11 is 0. The average molecular weight is 663 g/mol. The Labute approximate surface area is 265 Å². The number of amides is 1. The molecule has 2 unspecified atom stereocenters. The number of aromatic nitrogens is 2. The van der Waals surface area contributed by atoms with Gasteiger partial charge in [0.15, 0.2) is 9.84 Å². The number of alkyl halides is 3. The smallest absolute Gasteiger partial charge is 0.394 e. The summed E-state index contributed by atoms with van der Waals surface area (Å²) in [6, 6.07) is 10.3. The molecule has 0 radical (unpaired) electrons. The Balaban J connectivity index is 1.30. The number of hydrogen-bond acceptors (Lipinski definition) is 9. The number of halogens is 3. The van der Waals surface area contributed by atoms with E-state index in [2.05, 4.69) is 15.3 Å². The quantitative estimate of drug-likeness (QED) is 0.309. The van der Waals surface area contributed by atoms with Crippen molar-refractivity contribution in [2.45, 2.75) is 61.4 Å². The molecule has 2 aliphatic rings. The number of hydrogen-bond donors (Lipinski definition) is 2. The van der Waals surface area contributed by atoms with Crippen LogP contribution in [0.1, 0.15) is 65.2 Å². The second kappa shape index (κ2) is 14.4. The van der Waals surface area contributed by atoms with Gasteiger partial charge in [0, 0.05) is 31.5 Å². The fraction of sp³-hybridized carbons (Fsp3) is 0.469. The van der Waals surface area contributed by atoms with Gasteiger partial charge in [-0.1, -0.05) is 31.2 Å². The Morgan fingerprint density at radius 2 is 1.78 bits per heavy atom. The summed E-state index contributed by atoms with van der Waals surface area (Å²) in [6.07, 6.45) is 0.588. The van der Waals surface area contributed by atoms with E-state index >= 15 is 0 Å². The van der Waals surface area contributed by atoms with Crippen LogP contribution in [0.3, 0.4) is 0 Å². The molecule has 2 fully saturated rings. The zero-order valence-corrected chi connectivity index (χ0v) is 26.1. The molecule has 1 amide bonds. The molecule has 46 heavy (non-hydrogen) atoms. The number of nitrogens with zero attached hydrogens (tertiary/aromatic N) is 3. The van der Waals surface area contributed by atoms with E-state index in [1.54, 1.807) is 19.1 Å². The van der Waals surface area contributed by atoms with E-state index in [1.165, 1.54) is 36.7 Å². The summed E-state index contributed by atoms with van der Waals surface area (Å²) in [4.78, 5) is 24.2. The monoisotopic (exact) mass is 662 g/mol. The highest BCUT2D eigenvalue weighted by molar-refractivity contribution is 7.91. The summed E-state index contributed by atoms with van der Waals surface area (Å²) < 4.78 is 75.2. The van der Waals surface area contributed by atoms with Crippen LogP contribution in [0.5, 0.6) is 0 Å². The van der Waals surface area contributed by atoms with Gasteiger partial charge in [0.2, 0.25) is 5.95 Å². The fourth-order valence-corrected chi connectivity index (χ4v) is 6.57. The fourth-order valence-electron chi connectivity index (χ4n) is 5.69. The second-order valence-corrected chi connectivity index (χ2v) is 13.8. The number of carbonyl (C=O) groups excluding carboxylic acids is 1. The van der Waals surface area contributed by atoms with Crippen LogP contribution >= 0.6 is 0 Å². The number of nitrogens with one attached hydrogen (secondary N) is 1. The molecule has 5 rings (SSSR count). The minimum atomic E-state index is -4.41. The van der Waals surface area contributed by atoms with Gasteiger partial charge in [-0.3, -0.25) is 4.79 Å². The van der Waals surface area contributed by atoms with E-state index in [0.29, 0.717) is 44.3 Å². The maximum absolute atomic E-state index is 13.1. The van der Waals surface area contributed by atoms with Crippen LogP contribution < -0.4 is 10.2 Å². The number of carbonyl (C=O) groups is 1. The number of sulfone groups is 1. The highest BCUT2D eigenvalue weighted by atomic mass is 32.2. The van der Waals surface area contributed by atoms with Gasteiger partial charge in [-0.25, -0.2) is 18.4 Å². The molecule has 0 saturated carbocycles. The minimum Gasteiger partial charge on any atom is -0.394 e. The predicted molar refractivity (Wildman–Crippen MR) is 163 cm³/mol. The molecule has 1 aromatic heterocycles. The van der Waals surface area contributed by atoms with Gasteiger partial charge in [-0.05, 0) is 54.7 Å². The van der Waals surface area contributed by atoms with Crippen LogP contribution in [0.4, 0.5) is 19.1 Å². The van der Waals surface area contributed by atoms with Crippen LogP contribution in [0.2, 0.25) is 0 Å². The van der Waals surface area contributed by atoms with E-state index in [1.807, 2.05) is 4.90 Å². The Hall–Kier alpha value is -3.59. The predicted octanol–water partition coefficient (Wildman–Crippen LogP) is 4.31. The molecule has 2 aromatic carbocycles. The van der Waals surface area contributed by atoms with E-state index < -0.39 is 40.1 Å². The van der Waals surface area contributed by atoms with Crippen molar-refractivity contribution >= 4 is 21.7 Å². The second-order valence-electron chi connectivity index (χ2n) is 11.5. The molecule has 0 bridgehead atoms. The molecule has 0 spiro atoms. The third-order valence-corrected chi connectivity index (χ3v) is 10.2. The summed E-state index contributed by atoms with van der Waals surface area (Å²) in [5.74, 6) is -0.281. The molecule has 2 N–H and O–H groups in total. The maximum atomic E-state index is 13.1. The number of aliphatic hydroxyl groups is 1. The van der Waals surface area contributed by atoms with Gasteiger partial charge in [0.05, 0.1) is 59.8 Å². The normalized spacial score (nSPS) is 21.2. The lowest BCUT2D eigenvalue weighted by atomic mass is 9.87. The molecule has 2 saturated heterocycles. The average Bonchev–Trinajstić information content (AvgIpc) is 3.60. The zero-order valence-electron chi connectivity index (χ0n) is 25.3. The first-order valence-corrected chi connectivity index (χ1v) is 16.8. The molecule has 14 heteroatoms. The third kappa shape index (κ3) is 8.03. The largest absolute Gasteiger partial charge is 0.416 e. The van der Waals surface area contributed by atoms with E-state index in [9.17, 15) is 31.5 Å². The van der Waals surface area contributed by atoms with Crippen LogP contribution in [0.15, 0.2) is 65.8 Å². The minimum absolute atomic E-state index is 0.00630. The lowest BCUT2D eigenvalue weighted by Crippen LogP contribution is -2.46. The van der Waals surface area contributed by atoms with Crippen LogP contribution in [-0.4, -0.2) is 80.3 Å². The molecule has 10 nitrogen and oxygen atoms in total. The van der Waals surface area contributed by atoms with E-state index in [0.717, 1.165) is 30.5 Å². The summed E-state index contributed by atoms with van der Waals surface area (Å²) in [5, 5.41) is 12.7. The van der Waals surface area contributed by atoms with Crippen molar-refractivity contribution in [2.75, 3.05) is 43.6 Å². The number of ether oxygens (including phenoxy) is 2. The zero-order chi connectivity index (χ0) is 32.9. The van der Waals surface area contributed by atoms with Crippen molar-refractivity contribution in [3.63, 3.8) is 0 Å². The van der Waals surface area contributed by atoms with Gasteiger partial charge < -0.3 is 24.8 Å². The number of aliphatic hydroxyl groups excluding tert-OH is 1. The molecule has 2 aliphatic heterocycles. The first-order chi connectivity index (χ1) is 22.0. The van der Waals surface area contributed by atoms with E-state index in [4.69, 9.17) is 9.47 Å².